The van der Waals surface area contributed by atoms with Crippen LogP contribution < -0.4 is 11.5 Å². The summed E-state index contributed by atoms with van der Waals surface area (Å²) in [5.41, 5.74) is 21.5. The molecule has 148 valence electrons. The molecule has 0 aliphatic carbocycles. The molecule has 0 bridgehead atoms. The summed E-state index contributed by atoms with van der Waals surface area (Å²) in [6, 6.07) is 35.2. The van der Waals surface area contributed by atoms with Crippen molar-refractivity contribution in [2.75, 3.05) is 0 Å². The van der Waals surface area contributed by atoms with E-state index in [2.05, 4.69) is 79.7 Å². The van der Waals surface area contributed by atoms with Crippen molar-refractivity contribution in [3.63, 3.8) is 0 Å². The molecule has 30 heavy (non-hydrogen) atoms. The molecule has 4 rings (SSSR count). The summed E-state index contributed by atoms with van der Waals surface area (Å²) in [5, 5.41) is 0. The second-order valence-corrected chi connectivity index (χ2v) is 7.58. The lowest BCUT2D eigenvalue weighted by Gasteiger charge is -2.11. The Labute approximate surface area is 178 Å². The Bertz CT molecular complexity index is 1140. The first-order valence-electron chi connectivity index (χ1n) is 10.2. The number of nitrogens with two attached hydrogens (primary N) is 2. The smallest absolute Gasteiger partial charge is 0.0504 e. The fourth-order valence-electron chi connectivity index (χ4n) is 3.59. The van der Waals surface area contributed by atoms with Crippen LogP contribution in [0.25, 0.3) is 28.0 Å². The van der Waals surface area contributed by atoms with Gasteiger partial charge in [-0.05, 0) is 46.4 Å². The molecule has 0 radical (unpaired) electrons. The van der Waals surface area contributed by atoms with Gasteiger partial charge in [-0.1, -0.05) is 109 Å². The van der Waals surface area contributed by atoms with Gasteiger partial charge < -0.3 is 11.5 Å². The van der Waals surface area contributed by atoms with Gasteiger partial charge in [0.25, 0.3) is 0 Å². The van der Waals surface area contributed by atoms with Gasteiger partial charge in [-0.3, -0.25) is 0 Å². The standard InChI is InChI=1S/C28H26N2/c1-20-6-5-9-26(18-20)23-12-16-25(17-13-23)28(30)19-27(29)24-14-10-22(11-15-24)21-7-3-2-4-8-21/h2-19,28H,29-30H2,1H3/b27-19-. The molecule has 0 spiro atoms. The summed E-state index contributed by atoms with van der Waals surface area (Å²) < 4.78 is 0. The largest absolute Gasteiger partial charge is 0.398 e. The average Bonchev–Trinajstić information content (AvgIpc) is 2.80. The van der Waals surface area contributed by atoms with Gasteiger partial charge in [0.2, 0.25) is 0 Å². The summed E-state index contributed by atoms with van der Waals surface area (Å²) >= 11 is 0. The van der Waals surface area contributed by atoms with E-state index in [0.717, 1.165) is 11.1 Å². The molecular weight excluding hydrogens is 364 g/mol. The van der Waals surface area contributed by atoms with Crippen molar-refractivity contribution in [2.45, 2.75) is 13.0 Å². The van der Waals surface area contributed by atoms with E-state index in [-0.39, 0.29) is 6.04 Å². The SMILES string of the molecule is Cc1cccc(-c2ccc(C(N)/C=C(\N)c3ccc(-c4ccccc4)cc3)cc2)c1. The molecule has 0 aliphatic rings. The molecule has 2 heteroatoms. The Balaban J connectivity index is 1.50. The summed E-state index contributed by atoms with van der Waals surface area (Å²) in [6.45, 7) is 2.10. The summed E-state index contributed by atoms with van der Waals surface area (Å²) in [4.78, 5) is 0. The van der Waals surface area contributed by atoms with Gasteiger partial charge in [-0.15, -0.1) is 0 Å². The highest BCUT2D eigenvalue weighted by atomic mass is 14.6. The molecule has 0 heterocycles. The molecule has 0 amide bonds. The van der Waals surface area contributed by atoms with E-state index in [0.29, 0.717) is 5.70 Å². The molecule has 0 saturated heterocycles. The van der Waals surface area contributed by atoms with Crippen LogP contribution in [0.1, 0.15) is 22.7 Å². The van der Waals surface area contributed by atoms with Crippen LogP contribution >= 0.6 is 0 Å². The Morgan fingerprint density at radius 1 is 0.667 bits per heavy atom. The Hall–Kier alpha value is -3.62. The maximum Gasteiger partial charge on any atom is 0.0504 e. The predicted molar refractivity (Wildman–Crippen MR) is 128 cm³/mol. The average molecular weight is 391 g/mol. The first-order chi connectivity index (χ1) is 14.6. The fraction of sp³-hybridized carbons (Fsp3) is 0.0714. The quantitative estimate of drug-likeness (QED) is 0.418. The van der Waals surface area contributed by atoms with E-state index in [1.165, 1.54) is 27.8 Å². The van der Waals surface area contributed by atoms with Gasteiger partial charge in [0.05, 0.1) is 6.04 Å². The van der Waals surface area contributed by atoms with Crippen LogP contribution in [0, 0.1) is 6.92 Å². The van der Waals surface area contributed by atoms with Crippen molar-refractivity contribution in [1.82, 2.24) is 0 Å². The zero-order chi connectivity index (χ0) is 20.9. The van der Waals surface area contributed by atoms with E-state index in [1.807, 2.05) is 36.4 Å². The van der Waals surface area contributed by atoms with E-state index in [9.17, 15) is 0 Å². The zero-order valence-electron chi connectivity index (χ0n) is 17.1. The molecule has 0 aliphatic heterocycles. The number of rotatable bonds is 5. The Morgan fingerprint density at radius 2 is 1.23 bits per heavy atom. The minimum atomic E-state index is -0.259. The zero-order valence-corrected chi connectivity index (χ0v) is 17.1. The first kappa shape index (κ1) is 19.7. The normalized spacial score (nSPS) is 12.5. The third-order valence-corrected chi connectivity index (χ3v) is 5.33. The molecule has 0 aromatic heterocycles. The van der Waals surface area contributed by atoms with Gasteiger partial charge in [-0.2, -0.15) is 0 Å². The van der Waals surface area contributed by atoms with Gasteiger partial charge in [0.1, 0.15) is 0 Å². The van der Waals surface area contributed by atoms with E-state index in [4.69, 9.17) is 11.5 Å². The van der Waals surface area contributed by atoms with E-state index in [1.54, 1.807) is 0 Å². The summed E-state index contributed by atoms with van der Waals surface area (Å²) in [6.07, 6.45) is 1.92. The van der Waals surface area contributed by atoms with Crippen molar-refractivity contribution in [3.8, 4) is 22.3 Å². The van der Waals surface area contributed by atoms with Crippen LogP contribution in [0.5, 0.6) is 0 Å². The highest BCUT2D eigenvalue weighted by molar-refractivity contribution is 5.70. The lowest BCUT2D eigenvalue weighted by Crippen LogP contribution is -2.10. The highest BCUT2D eigenvalue weighted by Crippen LogP contribution is 2.25. The summed E-state index contributed by atoms with van der Waals surface area (Å²) in [5.74, 6) is 0. The van der Waals surface area contributed by atoms with Crippen LogP contribution in [0.4, 0.5) is 0 Å². The second-order valence-electron chi connectivity index (χ2n) is 7.58. The van der Waals surface area contributed by atoms with Crippen molar-refractivity contribution in [1.29, 1.82) is 0 Å². The molecule has 1 unspecified atom stereocenters. The molecule has 4 aromatic carbocycles. The van der Waals surface area contributed by atoms with Crippen LogP contribution in [-0.4, -0.2) is 0 Å². The van der Waals surface area contributed by atoms with Gasteiger partial charge in [0.15, 0.2) is 0 Å². The van der Waals surface area contributed by atoms with Crippen LogP contribution in [0.15, 0.2) is 109 Å². The maximum absolute atomic E-state index is 6.41. The number of hydrogen-bond acceptors (Lipinski definition) is 2. The van der Waals surface area contributed by atoms with Crippen molar-refractivity contribution in [2.24, 2.45) is 11.5 Å². The third kappa shape index (κ3) is 4.51. The van der Waals surface area contributed by atoms with Crippen LogP contribution in [-0.2, 0) is 0 Å². The number of hydrogen-bond donors (Lipinski definition) is 2. The fourth-order valence-corrected chi connectivity index (χ4v) is 3.59. The second kappa shape index (κ2) is 8.81. The Kier molecular flexibility index (Phi) is 5.78. The van der Waals surface area contributed by atoms with Gasteiger partial charge >= 0.3 is 0 Å². The topological polar surface area (TPSA) is 52.0 Å². The molecule has 4 aromatic rings. The summed E-state index contributed by atoms with van der Waals surface area (Å²) in [7, 11) is 0. The third-order valence-electron chi connectivity index (χ3n) is 5.33. The van der Waals surface area contributed by atoms with E-state index >= 15 is 0 Å². The minimum absolute atomic E-state index is 0.259. The van der Waals surface area contributed by atoms with Crippen LogP contribution in [0.3, 0.4) is 0 Å². The van der Waals surface area contributed by atoms with E-state index < -0.39 is 0 Å². The first-order valence-corrected chi connectivity index (χ1v) is 10.2. The van der Waals surface area contributed by atoms with Crippen molar-refractivity contribution < 1.29 is 0 Å². The number of aryl methyl sites for hydroxylation is 1. The monoisotopic (exact) mass is 390 g/mol. The van der Waals surface area contributed by atoms with Gasteiger partial charge in [-0.25, -0.2) is 0 Å². The van der Waals surface area contributed by atoms with Crippen LogP contribution in [0.2, 0.25) is 0 Å². The van der Waals surface area contributed by atoms with Gasteiger partial charge in [0, 0.05) is 5.70 Å². The molecule has 0 fully saturated rings. The molecule has 0 saturated carbocycles. The highest BCUT2D eigenvalue weighted by Gasteiger charge is 2.07. The lowest BCUT2D eigenvalue weighted by atomic mass is 9.98. The Morgan fingerprint density at radius 3 is 1.90 bits per heavy atom. The molecule has 1 atom stereocenters. The minimum Gasteiger partial charge on any atom is -0.398 e. The maximum atomic E-state index is 6.41. The number of benzene rings is 4. The van der Waals surface area contributed by atoms with Crippen molar-refractivity contribution in [3.05, 3.63) is 126 Å². The molecule has 2 nitrogen and oxygen atoms in total. The van der Waals surface area contributed by atoms with Crippen molar-refractivity contribution >= 4 is 5.70 Å². The predicted octanol–water partition coefficient (Wildman–Crippen LogP) is 6.33. The molecule has 4 N–H and O–H groups in total. The molecular formula is C28H26N2. The lowest BCUT2D eigenvalue weighted by molar-refractivity contribution is 0.911.